The number of piperazine rings is 1. The summed E-state index contributed by atoms with van der Waals surface area (Å²) >= 11 is 0. The Morgan fingerprint density at radius 2 is 1.96 bits per heavy atom. The van der Waals surface area contributed by atoms with Gasteiger partial charge in [-0.25, -0.2) is 18.2 Å². The molecule has 3 atom stereocenters. The third kappa shape index (κ3) is 4.87. The molecule has 3 aromatic heterocycles. The lowest BCUT2D eigenvalue weighted by molar-refractivity contribution is 0.00706. The van der Waals surface area contributed by atoms with Crippen LogP contribution in [0.4, 0.5) is 24.9 Å². The van der Waals surface area contributed by atoms with Crippen molar-refractivity contribution in [2.75, 3.05) is 63.2 Å². The van der Waals surface area contributed by atoms with E-state index in [4.69, 9.17) is 34.6 Å². The van der Waals surface area contributed by atoms with Crippen molar-refractivity contribution < 1.29 is 27.1 Å². The van der Waals surface area contributed by atoms with Crippen molar-refractivity contribution in [1.29, 1.82) is 10.5 Å². The first-order valence-corrected chi connectivity index (χ1v) is 16.1. The molecule has 4 aliphatic rings. The number of fused-ring (bicyclic) bond motifs is 3. The van der Waals surface area contributed by atoms with E-state index in [2.05, 4.69) is 22.4 Å². The maximum absolute atomic E-state index is 15.9. The highest BCUT2D eigenvalue weighted by Crippen LogP contribution is 2.45. The zero-order chi connectivity index (χ0) is 33.2. The number of nitrogens with one attached hydrogen (secondary N) is 1. The van der Waals surface area contributed by atoms with Crippen LogP contribution in [0.3, 0.4) is 0 Å². The molecule has 8 rings (SSSR count). The Labute approximate surface area is 273 Å². The van der Waals surface area contributed by atoms with E-state index in [1.165, 1.54) is 6.07 Å². The predicted octanol–water partition coefficient (Wildman–Crippen LogP) is 3.93. The van der Waals surface area contributed by atoms with Gasteiger partial charge in [-0.05, 0) is 31.5 Å². The average molecular weight is 660 g/mol. The Hall–Kier alpha value is -4.70. The van der Waals surface area contributed by atoms with E-state index in [0.717, 1.165) is 25.5 Å². The zero-order valence-electron chi connectivity index (χ0n) is 25.9. The number of nitrogen functional groups attached to an aromatic ring is 1. The topological polar surface area (TPSA) is 162 Å². The van der Waals surface area contributed by atoms with E-state index in [1.54, 1.807) is 0 Å². The van der Waals surface area contributed by atoms with Crippen LogP contribution in [0.25, 0.3) is 33.1 Å². The second kappa shape index (κ2) is 11.8. The summed E-state index contributed by atoms with van der Waals surface area (Å²) in [5.74, 6) is -2.20. The van der Waals surface area contributed by atoms with Crippen molar-refractivity contribution in [1.82, 2.24) is 25.2 Å². The Morgan fingerprint density at radius 1 is 1.10 bits per heavy atom. The first-order valence-electron chi connectivity index (χ1n) is 16.1. The number of anilines is 2. The number of nitrogens with zero attached hydrogens (tertiary/aromatic N) is 7. The minimum Gasteiger partial charge on any atom is -0.461 e. The molecule has 3 N–H and O–H groups in total. The van der Waals surface area contributed by atoms with Crippen molar-refractivity contribution >= 4 is 33.7 Å². The smallest absolute Gasteiger partial charge is 0.319 e. The lowest BCUT2D eigenvalue weighted by Crippen LogP contribution is -2.51. The molecule has 0 unspecified atom stereocenters. The summed E-state index contributed by atoms with van der Waals surface area (Å²) in [4.78, 5) is 18.6. The summed E-state index contributed by atoms with van der Waals surface area (Å²) < 4.78 is 63.1. The number of rotatable bonds is 7. The van der Waals surface area contributed by atoms with Crippen molar-refractivity contribution in [2.24, 2.45) is 0 Å². The molecule has 0 bridgehead atoms. The Balaban J connectivity index is 1.35. The summed E-state index contributed by atoms with van der Waals surface area (Å²) in [5, 5.41) is 23.3. The molecule has 12 nitrogen and oxygen atoms in total. The SMILES string of the molecule is N#CC[C@H]1CN(c2nc(OC[C@@]34CCCN3C[C@H](F)C4)nc3c(C#N)c(-c4c(F)ccc5oc(N)c(F)c45)c(C4COC4)nc23)CCN1. The minimum absolute atomic E-state index is 0.0149. The fourth-order valence-electron chi connectivity index (χ4n) is 7.76. The van der Waals surface area contributed by atoms with Gasteiger partial charge >= 0.3 is 6.01 Å². The summed E-state index contributed by atoms with van der Waals surface area (Å²) in [7, 11) is 0. The molecule has 0 aliphatic carbocycles. The van der Waals surface area contributed by atoms with E-state index in [0.29, 0.717) is 44.1 Å². The van der Waals surface area contributed by atoms with Gasteiger partial charge in [0, 0.05) is 55.7 Å². The van der Waals surface area contributed by atoms with Gasteiger partial charge in [0.15, 0.2) is 11.6 Å². The standard InChI is InChI=1S/C33H32F3N9O3/c34-18-10-33(5-1-8-45(33)12-18)16-47-32-42-28-20(11-38)23(24-21(35)2-3-22-25(24)26(36)30(39)48-22)27(17-14-46-15-17)41-29(28)31(43-32)44-9-7-40-19(13-44)4-6-37/h2-3,17-19,40H,1,4-5,7-10,12-16,39H2/t18-,19+,33+/m1/s1. The Kier molecular flexibility index (Phi) is 7.51. The largest absolute Gasteiger partial charge is 0.461 e. The van der Waals surface area contributed by atoms with Gasteiger partial charge in [0.25, 0.3) is 0 Å². The molecule has 4 saturated heterocycles. The monoisotopic (exact) mass is 659 g/mol. The minimum atomic E-state index is -0.958. The fraction of sp³-hybridized carbons (Fsp3) is 0.485. The zero-order valence-corrected chi connectivity index (χ0v) is 25.9. The van der Waals surface area contributed by atoms with Crippen LogP contribution in [0, 0.1) is 34.3 Å². The molecule has 15 heteroatoms. The van der Waals surface area contributed by atoms with Gasteiger partial charge in [-0.3, -0.25) is 4.90 Å². The van der Waals surface area contributed by atoms with Gasteiger partial charge in [-0.1, -0.05) is 0 Å². The molecule has 1 aromatic carbocycles. The second-order valence-electron chi connectivity index (χ2n) is 13.0. The second-order valence-corrected chi connectivity index (χ2v) is 13.0. The van der Waals surface area contributed by atoms with Crippen LogP contribution in [0.2, 0.25) is 0 Å². The van der Waals surface area contributed by atoms with Crippen molar-refractivity contribution in [3.8, 4) is 29.3 Å². The first kappa shape index (κ1) is 30.6. The third-order valence-electron chi connectivity index (χ3n) is 10.1. The number of pyridine rings is 1. The van der Waals surface area contributed by atoms with Crippen LogP contribution in [0.1, 0.15) is 42.9 Å². The van der Waals surface area contributed by atoms with E-state index in [9.17, 15) is 14.9 Å². The molecule has 4 fully saturated rings. The molecule has 4 aromatic rings. The quantitative estimate of drug-likeness (QED) is 0.295. The molecule has 0 radical (unpaired) electrons. The molecular weight excluding hydrogens is 627 g/mol. The van der Waals surface area contributed by atoms with Gasteiger partial charge in [0.2, 0.25) is 5.88 Å². The number of nitrogens with two attached hydrogens (primary N) is 1. The number of aromatic nitrogens is 3. The van der Waals surface area contributed by atoms with Crippen molar-refractivity contribution in [3.63, 3.8) is 0 Å². The number of hydrogen-bond acceptors (Lipinski definition) is 12. The number of benzene rings is 1. The van der Waals surface area contributed by atoms with Gasteiger partial charge in [0.1, 0.15) is 41.3 Å². The van der Waals surface area contributed by atoms with E-state index >= 15 is 8.78 Å². The van der Waals surface area contributed by atoms with Gasteiger partial charge < -0.3 is 29.8 Å². The summed E-state index contributed by atoms with van der Waals surface area (Å²) in [6, 6.07) is 6.64. The molecule has 4 aliphatic heterocycles. The predicted molar refractivity (Wildman–Crippen MR) is 168 cm³/mol. The van der Waals surface area contributed by atoms with Crippen LogP contribution in [-0.4, -0.2) is 90.1 Å². The van der Waals surface area contributed by atoms with Crippen LogP contribution >= 0.6 is 0 Å². The number of alkyl halides is 1. The summed E-state index contributed by atoms with van der Waals surface area (Å²) in [6.07, 6.45) is 1.34. The normalized spacial score (nSPS) is 24.5. The van der Waals surface area contributed by atoms with Gasteiger partial charge in [0.05, 0.1) is 47.9 Å². The lowest BCUT2D eigenvalue weighted by Gasteiger charge is -2.35. The summed E-state index contributed by atoms with van der Waals surface area (Å²) in [6.45, 7) is 3.27. The van der Waals surface area contributed by atoms with E-state index < -0.39 is 29.2 Å². The van der Waals surface area contributed by atoms with Gasteiger partial charge in [-0.15, -0.1) is 0 Å². The van der Waals surface area contributed by atoms with Crippen LogP contribution in [0.15, 0.2) is 16.5 Å². The average Bonchev–Trinajstić information content (AvgIpc) is 3.68. The van der Waals surface area contributed by atoms with E-state index in [1.807, 2.05) is 4.90 Å². The Morgan fingerprint density at radius 3 is 2.73 bits per heavy atom. The maximum atomic E-state index is 15.9. The molecule has 0 amide bonds. The van der Waals surface area contributed by atoms with E-state index in [-0.39, 0.29) is 82.9 Å². The molecular formula is C33H32F3N9O3. The molecule has 48 heavy (non-hydrogen) atoms. The van der Waals surface area contributed by atoms with Crippen LogP contribution in [-0.2, 0) is 4.74 Å². The molecule has 0 spiro atoms. The third-order valence-corrected chi connectivity index (χ3v) is 10.1. The highest BCUT2D eigenvalue weighted by molar-refractivity contribution is 6.03. The Bertz CT molecular complexity index is 2020. The van der Waals surface area contributed by atoms with Gasteiger partial charge in [-0.2, -0.15) is 20.5 Å². The van der Waals surface area contributed by atoms with Crippen molar-refractivity contribution in [2.45, 2.75) is 49.4 Å². The highest BCUT2D eigenvalue weighted by Gasteiger charge is 2.49. The number of ether oxygens (including phenoxy) is 2. The van der Waals surface area contributed by atoms with Crippen molar-refractivity contribution in [3.05, 3.63) is 35.0 Å². The molecule has 248 valence electrons. The summed E-state index contributed by atoms with van der Waals surface area (Å²) in [5.41, 5.74) is 5.82. The van der Waals surface area contributed by atoms with Crippen LogP contribution in [0.5, 0.6) is 6.01 Å². The highest BCUT2D eigenvalue weighted by atomic mass is 19.1. The lowest BCUT2D eigenvalue weighted by atomic mass is 9.88. The van der Waals surface area contributed by atoms with Crippen LogP contribution < -0.4 is 20.7 Å². The maximum Gasteiger partial charge on any atom is 0.319 e. The molecule has 7 heterocycles. The number of halogens is 3. The number of nitriles is 2. The molecule has 0 saturated carbocycles. The first-order chi connectivity index (χ1) is 23.3. The fourth-order valence-corrected chi connectivity index (χ4v) is 7.76. The number of furan rings is 1. The number of hydrogen-bond donors (Lipinski definition) is 2.